The molecule has 2 nitrogen and oxygen atoms in total. The molecule has 0 heterocycles. The fourth-order valence-electron chi connectivity index (χ4n) is 4.22. The number of hydrogen-bond acceptors (Lipinski definition) is 2. The van der Waals surface area contributed by atoms with Gasteiger partial charge >= 0.3 is 0 Å². The molecule has 2 aliphatic carbocycles. The number of hydrogen-bond donors (Lipinski definition) is 2. The van der Waals surface area contributed by atoms with Crippen LogP contribution < -0.4 is 5.32 Å². The van der Waals surface area contributed by atoms with Gasteiger partial charge in [-0.15, -0.1) is 0 Å². The molecule has 0 radical (unpaired) electrons. The van der Waals surface area contributed by atoms with Crippen molar-refractivity contribution >= 4 is 0 Å². The number of fused-ring (bicyclic) bond motifs is 1. The third-order valence-electron chi connectivity index (χ3n) is 5.87. The third kappa shape index (κ3) is 3.72. The molecule has 1 saturated carbocycles. The molecular formula is C20H31NO. The number of rotatable bonds is 5. The monoisotopic (exact) mass is 301 g/mol. The Morgan fingerprint density at radius 1 is 1.14 bits per heavy atom. The summed E-state index contributed by atoms with van der Waals surface area (Å²) in [4.78, 5) is 0. The van der Waals surface area contributed by atoms with Gasteiger partial charge in [0.25, 0.3) is 0 Å². The van der Waals surface area contributed by atoms with Crippen molar-refractivity contribution in [1.29, 1.82) is 0 Å². The Bertz CT molecular complexity index is 500. The predicted octanol–water partition coefficient (Wildman–Crippen LogP) is 3.84. The molecule has 0 bridgehead atoms. The van der Waals surface area contributed by atoms with E-state index in [1.807, 2.05) is 6.92 Å². The largest absolute Gasteiger partial charge is 0.389 e. The SMILES string of the molecule is CC1CCC(C(C)(O)CNCc2ccc3c(c2)CCC3)CC1. The van der Waals surface area contributed by atoms with E-state index in [1.165, 1.54) is 61.6 Å². The maximum atomic E-state index is 10.8. The summed E-state index contributed by atoms with van der Waals surface area (Å²) in [6, 6.07) is 6.89. The van der Waals surface area contributed by atoms with E-state index in [-0.39, 0.29) is 0 Å². The van der Waals surface area contributed by atoms with E-state index in [9.17, 15) is 5.11 Å². The van der Waals surface area contributed by atoms with Gasteiger partial charge in [-0.05, 0) is 67.6 Å². The lowest BCUT2D eigenvalue weighted by Crippen LogP contribution is -2.45. The Hall–Kier alpha value is -0.860. The summed E-state index contributed by atoms with van der Waals surface area (Å²) in [5.41, 5.74) is 3.85. The Balaban J connectivity index is 1.49. The summed E-state index contributed by atoms with van der Waals surface area (Å²) < 4.78 is 0. The van der Waals surface area contributed by atoms with Crippen molar-refractivity contribution in [3.8, 4) is 0 Å². The molecule has 0 aromatic heterocycles. The van der Waals surface area contributed by atoms with E-state index in [4.69, 9.17) is 0 Å². The van der Waals surface area contributed by atoms with E-state index in [2.05, 4.69) is 30.4 Å². The maximum absolute atomic E-state index is 10.8. The molecule has 2 N–H and O–H groups in total. The van der Waals surface area contributed by atoms with Gasteiger partial charge in [0, 0.05) is 13.1 Å². The highest BCUT2D eigenvalue weighted by atomic mass is 16.3. The molecule has 0 spiro atoms. The molecular weight excluding hydrogens is 270 g/mol. The van der Waals surface area contributed by atoms with Gasteiger partial charge in [-0.25, -0.2) is 0 Å². The van der Waals surface area contributed by atoms with Gasteiger partial charge in [-0.1, -0.05) is 38.0 Å². The fraction of sp³-hybridized carbons (Fsp3) is 0.700. The topological polar surface area (TPSA) is 32.3 Å². The summed E-state index contributed by atoms with van der Waals surface area (Å²) in [7, 11) is 0. The molecule has 2 heteroatoms. The highest BCUT2D eigenvalue weighted by Gasteiger charge is 2.33. The average molecular weight is 301 g/mol. The van der Waals surface area contributed by atoms with Gasteiger partial charge in [-0.3, -0.25) is 0 Å². The van der Waals surface area contributed by atoms with Gasteiger partial charge in [0.2, 0.25) is 0 Å². The quantitative estimate of drug-likeness (QED) is 0.866. The van der Waals surface area contributed by atoms with Crippen LogP contribution in [0.3, 0.4) is 0 Å². The van der Waals surface area contributed by atoms with Crippen LogP contribution in [0.5, 0.6) is 0 Å². The number of aliphatic hydroxyl groups is 1. The van der Waals surface area contributed by atoms with Crippen LogP contribution in [-0.2, 0) is 19.4 Å². The van der Waals surface area contributed by atoms with E-state index in [0.717, 1.165) is 12.5 Å². The minimum atomic E-state index is -0.573. The van der Waals surface area contributed by atoms with Crippen LogP contribution in [0.2, 0.25) is 0 Å². The van der Waals surface area contributed by atoms with Gasteiger partial charge in [0.1, 0.15) is 0 Å². The van der Waals surface area contributed by atoms with Crippen molar-refractivity contribution in [2.75, 3.05) is 6.54 Å². The Kier molecular flexibility index (Phi) is 4.89. The molecule has 1 aromatic carbocycles. The van der Waals surface area contributed by atoms with E-state index >= 15 is 0 Å². The zero-order valence-corrected chi connectivity index (χ0v) is 14.2. The van der Waals surface area contributed by atoms with Crippen molar-refractivity contribution in [3.05, 3.63) is 34.9 Å². The number of benzene rings is 1. The first-order valence-electron chi connectivity index (χ1n) is 9.08. The fourth-order valence-corrected chi connectivity index (χ4v) is 4.22. The zero-order chi connectivity index (χ0) is 15.6. The van der Waals surface area contributed by atoms with E-state index in [1.54, 1.807) is 0 Å². The standard InChI is InChI=1S/C20H31NO/c1-15-6-10-19(11-7-15)20(2,22)14-21-13-16-8-9-17-4-3-5-18(17)12-16/h8-9,12,15,19,21-22H,3-7,10-11,13-14H2,1-2H3. The second kappa shape index (κ2) is 6.72. The Labute approximate surface area is 135 Å². The number of nitrogens with one attached hydrogen (secondary N) is 1. The van der Waals surface area contributed by atoms with E-state index in [0.29, 0.717) is 12.5 Å². The first-order valence-corrected chi connectivity index (χ1v) is 9.08. The van der Waals surface area contributed by atoms with Crippen molar-refractivity contribution in [2.45, 2.75) is 70.9 Å². The lowest BCUT2D eigenvalue weighted by atomic mass is 9.74. The molecule has 122 valence electrons. The van der Waals surface area contributed by atoms with Crippen LogP contribution in [0.25, 0.3) is 0 Å². The molecule has 1 unspecified atom stereocenters. The number of aryl methyl sites for hydroxylation is 2. The lowest BCUT2D eigenvalue weighted by Gasteiger charge is -2.37. The first kappa shape index (κ1) is 16.0. The smallest absolute Gasteiger partial charge is 0.0771 e. The zero-order valence-electron chi connectivity index (χ0n) is 14.2. The van der Waals surface area contributed by atoms with Gasteiger partial charge in [0.15, 0.2) is 0 Å². The molecule has 22 heavy (non-hydrogen) atoms. The van der Waals surface area contributed by atoms with Crippen molar-refractivity contribution < 1.29 is 5.11 Å². The van der Waals surface area contributed by atoms with Crippen LogP contribution in [0.1, 0.15) is 62.6 Å². The Morgan fingerprint density at radius 2 is 1.86 bits per heavy atom. The highest BCUT2D eigenvalue weighted by Crippen LogP contribution is 2.35. The molecule has 0 amide bonds. The summed E-state index contributed by atoms with van der Waals surface area (Å²) in [6.07, 6.45) is 8.68. The van der Waals surface area contributed by atoms with Crippen LogP contribution in [0.4, 0.5) is 0 Å². The normalized spacial score (nSPS) is 27.4. The van der Waals surface area contributed by atoms with Crippen molar-refractivity contribution in [1.82, 2.24) is 5.32 Å². The second-order valence-electron chi connectivity index (χ2n) is 7.87. The maximum Gasteiger partial charge on any atom is 0.0771 e. The summed E-state index contributed by atoms with van der Waals surface area (Å²) in [6.45, 7) is 5.91. The van der Waals surface area contributed by atoms with Crippen LogP contribution in [0.15, 0.2) is 18.2 Å². The third-order valence-corrected chi connectivity index (χ3v) is 5.87. The molecule has 0 saturated heterocycles. The van der Waals surface area contributed by atoms with Gasteiger partial charge in [-0.2, -0.15) is 0 Å². The molecule has 1 aromatic rings. The predicted molar refractivity (Wildman–Crippen MR) is 91.9 cm³/mol. The van der Waals surface area contributed by atoms with Crippen molar-refractivity contribution in [2.24, 2.45) is 11.8 Å². The lowest BCUT2D eigenvalue weighted by molar-refractivity contribution is -0.0203. The molecule has 1 atom stereocenters. The molecule has 0 aliphatic heterocycles. The molecule has 3 rings (SSSR count). The van der Waals surface area contributed by atoms with Crippen LogP contribution >= 0.6 is 0 Å². The van der Waals surface area contributed by atoms with Crippen LogP contribution in [0, 0.1) is 11.8 Å². The van der Waals surface area contributed by atoms with Gasteiger partial charge < -0.3 is 10.4 Å². The van der Waals surface area contributed by atoms with Crippen molar-refractivity contribution in [3.63, 3.8) is 0 Å². The minimum Gasteiger partial charge on any atom is -0.389 e. The molecule has 2 aliphatic rings. The summed E-state index contributed by atoms with van der Waals surface area (Å²) in [5.74, 6) is 1.29. The van der Waals surface area contributed by atoms with E-state index < -0.39 is 5.60 Å². The molecule has 1 fully saturated rings. The summed E-state index contributed by atoms with van der Waals surface area (Å²) in [5, 5.41) is 14.3. The average Bonchev–Trinajstić information content (AvgIpc) is 2.95. The second-order valence-corrected chi connectivity index (χ2v) is 7.87. The summed E-state index contributed by atoms with van der Waals surface area (Å²) >= 11 is 0. The van der Waals surface area contributed by atoms with Gasteiger partial charge in [0.05, 0.1) is 5.60 Å². The Morgan fingerprint density at radius 3 is 2.64 bits per heavy atom. The van der Waals surface area contributed by atoms with Crippen LogP contribution in [-0.4, -0.2) is 17.3 Å². The first-order chi connectivity index (χ1) is 10.5. The minimum absolute atomic E-state index is 0.455. The highest BCUT2D eigenvalue weighted by molar-refractivity contribution is 5.35.